The van der Waals surface area contributed by atoms with Gasteiger partial charge in [-0.15, -0.1) is 0 Å². The third-order valence-corrected chi connectivity index (χ3v) is 6.36. The predicted molar refractivity (Wildman–Crippen MR) is 117 cm³/mol. The van der Waals surface area contributed by atoms with E-state index in [2.05, 4.69) is 51.5 Å². The van der Waals surface area contributed by atoms with Gasteiger partial charge in [0.05, 0.1) is 7.11 Å². The smallest absolute Gasteiger partial charge is 0.191 e. The second kappa shape index (κ2) is 9.94. The molecule has 3 rings (SSSR count). The third kappa shape index (κ3) is 5.06. The third-order valence-electron chi connectivity index (χ3n) is 5.66. The summed E-state index contributed by atoms with van der Waals surface area (Å²) in [4.78, 5) is 4.42. The molecule has 0 bridgehead atoms. The van der Waals surface area contributed by atoms with Gasteiger partial charge in [0, 0.05) is 38.8 Å². The number of aliphatic imine (C=N–C) groups is 1. The maximum atomic E-state index is 5.65. The summed E-state index contributed by atoms with van der Waals surface area (Å²) in [5, 5.41) is 11.4. The van der Waals surface area contributed by atoms with Gasteiger partial charge in [-0.2, -0.15) is 11.3 Å². The fourth-order valence-electron chi connectivity index (χ4n) is 3.67. The lowest BCUT2D eigenvalue weighted by molar-refractivity contribution is 0.0513. The van der Waals surface area contributed by atoms with Gasteiger partial charge in [0.2, 0.25) is 0 Å². The molecule has 1 unspecified atom stereocenters. The number of ether oxygens (including phenoxy) is 2. The van der Waals surface area contributed by atoms with Gasteiger partial charge in [-0.1, -0.05) is 19.1 Å². The van der Waals surface area contributed by atoms with E-state index in [4.69, 9.17) is 9.47 Å². The minimum Gasteiger partial charge on any atom is -0.497 e. The lowest BCUT2D eigenvalue weighted by Gasteiger charge is -2.38. The van der Waals surface area contributed by atoms with Crippen LogP contribution in [0.4, 0.5) is 0 Å². The molecule has 152 valence electrons. The second-order valence-corrected chi connectivity index (χ2v) is 8.17. The van der Waals surface area contributed by atoms with Crippen molar-refractivity contribution >= 4 is 17.3 Å². The molecule has 1 fully saturated rings. The van der Waals surface area contributed by atoms with Gasteiger partial charge in [0.25, 0.3) is 0 Å². The van der Waals surface area contributed by atoms with Crippen molar-refractivity contribution in [2.45, 2.75) is 31.1 Å². The molecule has 1 saturated heterocycles. The maximum absolute atomic E-state index is 5.65. The number of hydrogen-bond donors (Lipinski definition) is 2. The lowest BCUT2D eigenvalue weighted by atomic mass is 9.74. The zero-order valence-electron chi connectivity index (χ0n) is 17.0. The first-order chi connectivity index (χ1) is 13.7. The molecule has 0 spiro atoms. The lowest BCUT2D eigenvalue weighted by Crippen LogP contribution is -2.48. The van der Waals surface area contributed by atoms with Crippen LogP contribution < -0.4 is 15.4 Å². The molecule has 0 aliphatic carbocycles. The standard InChI is InChI=1S/C22H31N3O2S/c1-17(18-8-13-28-15-18)14-24-21(23-2)25-16-22(9-11-27-12-10-22)19-4-6-20(26-3)7-5-19/h4-8,13,15,17H,9-12,14,16H2,1-3H3,(H2,23,24,25). The Balaban J connectivity index is 1.63. The van der Waals surface area contributed by atoms with Crippen LogP contribution in [0.2, 0.25) is 0 Å². The van der Waals surface area contributed by atoms with Crippen LogP contribution in [-0.4, -0.2) is 46.4 Å². The molecule has 5 nitrogen and oxygen atoms in total. The van der Waals surface area contributed by atoms with E-state index < -0.39 is 0 Å². The average molecular weight is 402 g/mol. The largest absolute Gasteiger partial charge is 0.497 e. The van der Waals surface area contributed by atoms with Crippen molar-refractivity contribution in [3.05, 3.63) is 52.2 Å². The Bertz CT molecular complexity index is 738. The van der Waals surface area contributed by atoms with Gasteiger partial charge in [-0.05, 0) is 58.8 Å². The Morgan fingerprint density at radius 1 is 1.21 bits per heavy atom. The van der Waals surface area contributed by atoms with E-state index in [0.717, 1.165) is 50.9 Å². The molecular weight excluding hydrogens is 370 g/mol. The topological polar surface area (TPSA) is 54.9 Å². The van der Waals surface area contributed by atoms with Gasteiger partial charge in [-0.25, -0.2) is 0 Å². The molecule has 1 atom stereocenters. The fourth-order valence-corrected chi connectivity index (χ4v) is 4.45. The van der Waals surface area contributed by atoms with E-state index in [-0.39, 0.29) is 5.41 Å². The zero-order chi connectivity index (χ0) is 19.8. The summed E-state index contributed by atoms with van der Waals surface area (Å²) in [7, 11) is 3.53. The summed E-state index contributed by atoms with van der Waals surface area (Å²) in [6, 6.07) is 10.6. The highest BCUT2D eigenvalue weighted by Gasteiger charge is 2.34. The Kier molecular flexibility index (Phi) is 7.34. The molecule has 1 aromatic heterocycles. The number of nitrogens with one attached hydrogen (secondary N) is 2. The first-order valence-electron chi connectivity index (χ1n) is 9.86. The Morgan fingerprint density at radius 3 is 2.57 bits per heavy atom. The van der Waals surface area contributed by atoms with E-state index in [9.17, 15) is 0 Å². The van der Waals surface area contributed by atoms with Crippen molar-refractivity contribution in [1.29, 1.82) is 0 Å². The molecule has 1 aromatic carbocycles. The number of benzene rings is 1. The van der Waals surface area contributed by atoms with Crippen LogP contribution >= 0.6 is 11.3 Å². The fraction of sp³-hybridized carbons (Fsp3) is 0.500. The number of hydrogen-bond acceptors (Lipinski definition) is 4. The van der Waals surface area contributed by atoms with Crippen LogP contribution in [0, 0.1) is 0 Å². The number of nitrogens with zero attached hydrogens (tertiary/aromatic N) is 1. The highest BCUT2D eigenvalue weighted by Crippen LogP contribution is 2.35. The molecule has 2 heterocycles. The number of thiophene rings is 1. The van der Waals surface area contributed by atoms with Crippen molar-refractivity contribution in [2.24, 2.45) is 4.99 Å². The molecule has 1 aliphatic rings. The van der Waals surface area contributed by atoms with Crippen molar-refractivity contribution in [3.8, 4) is 5.75 Å². The molecule has 2 aromatic rings. The van der Waals surface area contributed by atoms with Crippen molar-refractivity contribution < 1.29 is 9.47 Å². The maximum Gasteiger partial charge on any atom is 0.191 e. The van der Waals surface area contributed by atoms with E-state index in [1.165, 1.54) is 11.1 Å². The van der Waals surface area contributed by atoms with Crippen molar-refractivity contribution in [2.75, 3.05) is 40.5 Å². The quantitative estimate of drug-likeness (QED) is 0.548. The monoisotopic (exact) mass is 401 g/mol. The van der Waals surface area contributed by atoms with Gasteiger partial charge < -0.3 is 20.1 Å². The van der Waals surface area contributed by atoms with Crippen LogP contribution in [-0.2, 0) is 10.2 Å². The summed E-state index contributed by atoms with van der Waals surface area (Å²) in [5.41, 5.74) is 2.74. The summed E-state index contributed by atoms with van der Waals surface area (Å²) >= 11 is 1.74. The van der Waals surface area contributed by atoms with Gasteiger partial charge in [-0.3, -0.25) is 4.99 Å². The molecular formula is C22H31N3O2S. The van der Waals surface area contributed by atoms with Crippen LogP contribution in [0.25, 0.3) is 0 Å². The minimum atomic E-state index is 0.0428. The summed E-state index contributed by atoms with van der Waals surface area (Å²) in [5.74, 6) is 2.18. The SMILES string of the molecule is CN=C(NCC(C)c1ccsc1)NCC1(c2ccc(OC)cc2)CCOCC1. The molecule has 0 radical (unpaired) electrons. The van der Waals surface area contributed by atoms with Crippen LogP contribution in [0.5, 0.6) is 5.75 Å². The number of guanidine groups is 1. The van der Waals surface area contributed by atoms with Gasteiger partial charge in [0.1, 0.15) is 5.75 Å². The first-order valence-corrected chi connectivity index (χ1v) is 10.8. The van der Waals surface area contributed by atoms with E-state index in [0.29, 0.717) is 5.92 Å². The summed E-state index contributed by atoms with van der Waals surface area (Å²) < 4.78 is 11.0. The Hall–Kier alpha value is -2.05. The van der Waals surface area contributed by atoms with Crippen LogP contribution in [0.1, 0.15) is 36.8 Å². The zero-order valence-corrected chi connectivity index (χ0v) is 17.8. The molecule has 0 amide bonds. The second-order valence-electron chi connectivity index (χ2n) is 7.39. The Morgan fingerprint density at radius 2 is 1.96 bits per heavy atom. The van der Waals surface area contributed by atoms with Crippen LogP contribution in [0.3, 0.4) is 0 Å². The van der Waals surface area contributed by atoms with E-state index >= 15 is 0 Å². The van der Waals surface area contributed by atoms with Crippen LogP contribution in [0.15, 0.2) is 46.1 Å². The molecule has 6 heteroatoms. The van der Waals surface area contributed by atoms with Crippen molar-refractivity contribution in [1.82, 2.24) is 10.6 Å². The number of methoxy groups -OCH3 is 1. The molecule has 0 saturated carbocycles. The van der Waals surface area contributed by atoms with Gasteiger partial charge in [0.15, 0.2) is 5.96 Å². The molecule has 28 heavy (non-hydrogen) atoms. The normalized spacial score (nSPS) is 17.8. The molecule has 1 aliphatic heterocycles. The highest BCUT2D eigenvalue weighted by molar-refractivity contribution is 7.07. The van der Waals surface area contributed by atoms with Crippen molar-refractivity contribution in [3.63, 3.8) is 0 Å². The highest BCUT2D eigenvalue weighted by atomic mass is 32.1. The minimum absolute atomic E-state index is 0.0428. The summed E-state index contributed by atoms with van der Waals surface area (Å²) in [6.45, 7) is 5.49. The van der Waals surface area contributed by atoms with E-state index in [1.54, 1.807) is 18.4 Å². The average Bonchev–Trinajstić information content (AvgIpc) is 3.29. The van der Waals surface area contributed by atoms with E-state index in [1.807, 2.05) is 19.2 Å². The summed E-state index contributed by atoms with van der Waals surface area (Å²) in [6.07, 6.45) is 1.99. The van der Waals surface area contributed by atoms with Gasteiger partial charge >= 0.3 is 0 Å². The molecule has 2 N–H and O–H groups in total. The Labute approximate surface area is 172 Å². The first kappa shape index (κ1) is 20.7. The number of rotatable bonds is 7. The predicted octanol–water partition coefficient (Wildman–Crippen LogP) is 3.77.